The summed E-state index contributed by atoms with van der Waals surface area (Å²) in [6.07, 6.45) is 0. The van der Waals surface area contributed by atoms with E-state index in [-0.39, 0.29) is 5.56 Å². The van der Waals surface area contributed by atoms with Gasteiger partial charge in [-0.15, -0.1) is 11.3 Å². The van der Waals surface area contributed by atoms with Crippen molar-refractivity contribution in [3.05, 3.63) is 63.9 Å². The summed E-state index contributed by atoms with van der Waals surface area (Å²) in [4.78, 5) is 15.5. The molecule has 0 fully saturated rings. The van der Waals surface area contributed by atoms with Crippen LogP contribution >= 0.6 is 27.3 Å². The van der Waals surface area contributed by atoms with Gasteiger partial charge in [-0.25, -0.2) is 9.78 Å². The summed E-state index contributed by atoms with van der Waals surface area (Å²) in [5.74, 6) is -0.922. The van der Waals surface area contributed by atoms with Crippen molar-refractivity contribution < 1.29 is 9.90 Å². The molecule has 0 amide bonds. The van der Waals surface area contributed by atoms with E-state index in [1.165, 1.54) is 0 Å². The van der Waals surface area contributed by atoms with Crippen molar-refractivity contribution in [3.8, 4) is 21.8 Å². The molecule has 0 saturated heterocycles. The van der Waals surface area contributed by atoms with Crippen molar-refractivity contribution in [2.45, 2.75) is 0 Å². The summed E-state index contributed by atoms with van der Waals surface area (Å²) in [7, 11) is 0. The summed E-state index contributed by atoms with van der Waals surface area (Å²) in [6.45, 7) is 0. The van der Waals surface area contributed by atoms with E-state index in [2.05, 4.69) is 20.9 Å². The van der Waals surface area contributed by atoms with Crippen LogP contribution in [0.15, 0.2) is 58.4 Å². The highest BCUT2D eigenvalue weighted by Crippen LogP contribution is 2.32. The minimum Gasteiger partial charge on any atom is -0.478 e. The SMILES string of the molecule is O=C(O)c1ccc(-c2nc(-c3ccccc3Br)cs2)cc1. The number of carboxylic acids is 1. The zero-order valence-corrected chi connectivity index (χ0v) is 13.2. The molecule has 21 heavy (non-hydrogen) atoms. The Labute approximate surface area is 134 Å². The molecule has 5 heteroatoms. The molecule has 1 N–H and O–H groups in total. The fourth-order valence-corrected chi connectivity index (χ4v) is 3.27. The summed E-state index contributed by atoms with van der Waals surface area (Å²) in [5, 5.41) is 11.8. The number of hydrogen-bond donors (Lipinski definition) is 1. The maximum atomic E-state index is 10.9. The first-order valence-electron chi connectivity index (χ1n) is 6.19. The largest absolute Gasteiger partial charge is 0.478 e. The van der Waals surface area contributed by atoms with Crippen LogP contribution < -0.4 is 0 Å². The molecule has 3 nitrogen and oxygen atoms in total. The molecule has 1 heterocycles. The number of benzene rings is 2. The Bertz CT molecular complexity index is 796. The van der Waals surface area contributed by atoms with Gasteiger partial charge in [0.2, 0.25) is 0 Å². The molecule has 3 aromatic rings. The van der Waals surface area contributed by atoms with Gasteiger partial charge >= 0.3 is 5.97 Å². The lowest BCUT2D eigenvalue weighted by atomic mass is 10.1. The van der Waals surface area contributed by atoms with E-state index >= 15 is 0 Å². The normalized spacial score (nSPS) is 10.5. The minimum atomic E-state index is -0.922. The molecule has 0 atom stereocenters. The third-order valence-corrected chi connectivity index (χ3v) is 4.62. The molecule has 0 unspecified atom stereocenters. The molecule has 0 aliphatic carbocycles. The molecular weight excluding hydrogens is 350 g/mol. The monoisotopic (exact) mass is 359 g/mol. The highest BCUT2D eigenvalue weighted by atomic mass is 79.9. The molecule has 0 radical (unpaired) electrons. The fourth-order valence-electron chi connectivity index (χ4n) is 1.95. The number of thiazole rings is 1. The summed E-state index contributed by atoms with van der Waals surface area (Å²) < 4.78 is 1.00. The van der Waals surface area contributed by atoms with Gasteiger partial charge in [0.15, 0.2) is 0 Å². The quantitative estimate of drug-likeness (QED) is 0.720. The van der Waals surface area contributed by atoms with Crippen LogP contribution in [-0.4, -0.2) is 16.1 Å². The van der Waals surface area contributed by atoms with Gasteiger partial charge in [0.25, 0.3) is 0 Å². The number of carboxylic acid groups (broad SMARTS) is 1. The molecule has 1 aromatic heterocycles. The third kappa shape index (κ3) is 2.89. The van der Waals surface area contributed by atoms with E-state index in [1.807, 2.05) is 29.6 Å². The first-order chi connectivity index (χ1) is 10.1. The molecule has 0 spiro atoms. The predicted molar refractivity (Wildman–Crippen MR) is 87.6 cm³/mol. The second-order valence-corrected chi connectivity index (χ2v) is 6.11. The Kier molecular flexibility index (Phi) is 3.86. The molecule has 0 saturated carbocycles. The summed E-state index contributed by atoms with van der Waals surface area (Å²) in [6, 6.07) is 14.7. The van der Waals surface area contributed by atoms with Gasteiger partial charge in [-0.1, -0.05) is 46.3 Å². The van der Waals surface area contributed by atoms with Crippen molar-refractivity contribution >= 4 is 33.2 Å². The maximum absolute atomic E-state index is 10.9. The predicted octanol–water partition coefficient (Wildman–Crippen LogP) is 4.94. The first kappa shape index (κ1) is 14.0. The Morgan fingerprint density at radius 1 is 1.10 bits per heavy atom. The highest BCUT2D eigenvalue weighted by molar-refractivity contribution is 9.10. The van der Waals surface area contributed by atoms with Crippen LogP contribution in [0.3, 0.4) is 0 Å². The minimum absolute atomic E-state index is 0.279. The molecule has 0 aliphatic rings. The van der Waals surface area contributed by atoms with Crippen molar-refractivity contribution in [1.29, 1.82) is 0 Å². The van der Waals surface area contributed by atoms with Gasteiger partial charge in [-0.3, -0.25) is 0 Å². The maximum Gasteiger partial charge on any atom is 0.335 e. The van der Waals surface area contributed by atoms with Gasteiger partial charge in [-0.2, -0.15) is 0 Å². The average Bonchev–Trinajstić information content (AvgIpc) is 2.97. The van der Waals surface area contributed by atoms with Crippen molar-refractivity contribution in [1.82, 2.24) is 4.98 Å². The third-order valence-electron chi connectivity index (χ3n) is 3.03. The Hall–Kier alpha value is -1.98. The van der Waals surface area contributed by atoms with Gasteiger partial charge < -0.3 is 5.11 Å². The Morgan fingerprint density at radius 2 is 1.81 bits per heavy atom. The molecule has 2 aromatic carbocycles. The van der Waals surface area contributed by atoms with Gasteiger partial charge in [0.05, 0.1) is 11.3 Å². The highest BCUT2D eigenvalue weighted by Gasteiger charge is 2.09. The summed E-state index contributed by atoms with van der Waals surface area (Å²) >= 11 is 5.06. The van der Waals surface area contributed by atoms with Crippen molar-refractivity contribution in [2.24, 2.45) is 0 Å². The molecule has 0 aliphatic heterocycles. The summed E-state index contributed by atoms with van der Waals surface area (Å²) in [5.41, 5.74) is 3.15. The van der Waals surface area contributed by atoms with Gasteiger partial charge in [0, 0.05) is 21.0 Å². The van der Waals surface area contributed by atoms with Crippen LogP contribution in [0.4, 0.5) is 0 Å². The lowest BCUT2D eigenvalue weighted by molar-refractivity contribution is 0.0697. The topological polar surface area (TPSA) is 50.2 Å². The Morgan fingerprint density at radius 3 is 2.48 bits per heavy atom. The van der Waals surface area contributed by atoms with E-state index in [4.69, 9.17) is 5.11 Å². The zero-order valence-electron chi connectivity index (χ0n) is 10.8. The number of aromatic nitrogens is 1. The van der Waals surface area contributed by atoms with Crippen molar-refractivity contribution in [2.75, 3.05) is 0 Å². The second-order valence-electron chi connectivity index (χ2n) is 4.40. The van der Waals surface area contributed by atoms with E-state index in [0.717, 1.165) is 26.3 Å². The van der Waals surface area contributed by atoms with Crippen LogP contribution in [0.25, 0.3) is 21.8 Å². The van der Waals surface area contributed by atoms with Crippen molar-refractivity contribution in [3.63, 3.8) is 0 Å². The van der Waals surface area contributed by atoms with E-state index in [1.54, 1.807) is 35.6 Å². The number of hydrogen-bond acceptors (Lipinski definition) is 3. The van der Waals surface area contributed by atoms with Crippen LogP contribution in [0.2, 0.25) is 0 Å². The molecular formula is C16H10BrNO2S. The first-order valence-corrected chi connectivity index (χ1v) is 7.86. The van der Waals surface area contributed by atoms with Gasteiger partial charge in [-0.05, 0) is 18.2 Å². The molecule has 104 valence electrons. The Balaban J connectivity index is 1.95. The second kappa shape index (κ2) is 5.79. The number of nitrogens with zero attached hydrogens (tertiary/aromatic N) is 1. The lowest BCUT2D eigenvalue weighted by Gasteiger charge is -2.00. The van der Waals surface area contributed by atoms with Crippen LogP contribution in [0, 0.1) is 0 Å². The smallest absolute Gasteiger partial charge is 0.335 e. The number of aromatic carboxylic acids is 1. The van der Waals surface area contributed by atoms with Crippen LogP contribution in [0.1, 0.15) is 10.4 Å². The van der Waals surface area contributed by atoms with E-state index < -0.39 is 5.97 Å². The van der Waals surface area contributed by atoms with Gasteiger partial charge in [0.1, 0.15) is 5.01 Å². The van der Waals surface area contributed by atoms with Crippen LogP contribution in [0.5, 0.6) is 0 Å². The molecule has 0 bridgehead atoms. The van der Waals surface area contributed by atoms with E-state index in [0.29, 0.717) is 0 Å². The van der Waals surface area contributed by atoms with Crippen LogP contribution in [-0.2, 0) is 0 Å². The zero-order chi connectivity index (χ0) is 14.8. The van der Waals surface area contributed by atoms with E-state index in [9.17, 15) is 4.79 Å². The standard InChI is InChI=1S/C16H10BrNO2S/c17-13-4-2-1-3-12(13)14-9-21-15(18-14)10-5-7-11(8-6-10)16(19)20/h1-9H,(H,19,20). The molecule has 3 rings (SSSR count). The number of rotatable bonds is 3. The lowest BCUT2D eigenvalue weighted by Crippen LogP contribution is -1.94. The fraction of sp³-hybridized carbons (Fsp3) is 0. The average molecular weight is 360 g/mol. The number of carbonyl (C=O) groups is 1. The number of halogens is 1.